The molecule has 3 aromatic rings. The predicted octanol–water partition coefficient (Wildman–Crippen LogP) is 5.45. The zero-order chi connectivity index (χ0) is 22.7. The molecule has 1 aliphatic heterocycles. The number of ether oxygens (including phenoxy) is 1. The second kappa shape index (κ2) is 9.23. The SMILES string of the molecule is Cc1cc(C)cc(Oc2cc(NC(=O)c3ccc(CN4CCCC4)o3)cc([N+](=O)[O-])c2)c1. The number of nitro groups is 1. The summed E-state index contributed by atoms with van der Waals surface area (Å²) in [6.07, 6.45) is 2.35. The van der Waals surface area contributed by atoms with E-state index in [1.54, 1.807) is 18.2 Å². The first kappa shape index (κ1) is 21.6. The van der Waals surface area contributed by atoms with Gasteiger partial charge in [0.2, 0.25) is 0 Å². The van der Waals surface area contributed by atoms with Gasteiger partial charge in [0.1, 0.15) is 17.3 Å². The van der Waals surface area contributed by atoms with Gasteiger partial charge >= 0.3 is 0 Å². The van der Waals surface area contributed by atoms with Crippen LogP contribution in [0.2, 0.25) is 0 Å². The molecule has 1 aliphatic rings. The van der Waals surface area contributed by atoms with Gasteiger partial charge in [-0.2, -0.15) is 0 Å². The van der Waals surface area contributed by atoms with Crippen LogP contribution >= 0.6 is 0 Å². The van der Waals surface area contributed by atoms with Crippen molar-refractivity contribution in [1.82, 2.24) is 4.90 Å². The van der Waals surface area contributed by atoms with Crippen molar-refractivity contribution in [2.75, 3.05) is 18.4 Å². The first-order valence-corrected chi connectivity index (χ1v) is 10.5. The number of furan rings is 1. The molecule has 1 N–H and O–H groups in total. The van der Waals surface area contributed by atoms with Gasteiger partial charge in [-0.25, -0.2) is 0 Å². The monoisotopic (exact) mass is 435 g/mol. The van der Waals surface area contributed by atoms with Crippen molar-refractivity contribution >= 4 is 17.3 Å². The molecular formula is C24H25N3O5. The molecule has 0 saturated carbocycles. The van der Waals surface area contributed by atoms with Gasteiger partial charge in [-0.3, -0.25) is 19.8 Å². The predicted molar refractivity (Wildman–Crippen MR) is 120 cm³/mol. The summed E-state index contributed by atoms with van der Waals surface area (Å²) >= 11 is 0. The molecule has 0 aliphatic carbocycles. The lowest BCUT2D eigenvalue weighted by Crippen LogP contribution is -2.18. The number of rotatable bonds is 7. The molecule has 1 fully saturated rings. The summed E-state index contributed by atoms with van der Waals surface area (Å²) in [6, 6.07) is 13.3. The molecule has 8 nitrogen and oxygen atoms in total. The first-order chi connectivity index (χ1) is 15.4. The average Bonchev–Trinajstić information content (AvgIpc) is 3.39. The number of carbonyl (C=O) groups excluding carboxylic acids is 1. The molecular weight excluding hydrogens is 410 g/mol. The summed E-state index contributed by atoms with van der Waals surface area (Å²) in [5, 5.41) is 14.1. The second-order valence-corrected chi connectivity index (χ2v) is 8.10. The Labute approximate surface area is 185 Å². The molecule has 0 radical (unpaired) electrons. The molecule has 0 bridgehead atoms. The van der Waals surface area contributed by atoms with E-state index in [0.717, 1.165) is 30.0 Å². The largest absolute Gasteiger partial charge is 0.457 e. The lowest BCUT2D eigenvalue weighted by molar-refractivity contribution is -0.384. The van der Waals surface area contributed by atoms with Crippen molar-refractivity contribution in [1.29, 1.82) is 0 Å². The Kier molecular flexibility index (Phi) is 6.23. The topological polar surface area (TPSA) is 97.8 Å². The molecule has 1 amide bonds. The average molecular weight is 435 g/mol. The summed E-state index contributed by atoms with van der Waals surface area (Å²) in [6.45, 7) is 6.61. The molecule has 0 atom stereocenters. The highest BCUT2D eigenvalue weighted by Crippen LogP contribution is 2.31. The lowest BCUT2D eigenvalue weighted by Gasteiger charge is -2.12. The zero-order valence-corrected chi connectivity index (χ0v) is 18.1. The lowest BCUT2D eigenvalue weighted by atomic mass is 10.1. The number of nitrogens with zero attached hydrogens (tertiary/aromatic N) is 2. The Bertz CT molecular complexity index is 1130. The van der Waals surface area contributed by atoms with E-state index >= 15 is 0 Å². The fraction of sp³-hybridized carbons (Fsp3) is 0.292. The number of aryl methyl sites for hydroxylation is 2. The summed E-state index contributed by atoms with van der Waals surface area (Å²) in [5.74, 6) is 1.22. The van der Waals surface area contributed by atoms with Crippen LogP contribution in [0, 0.1) is 24.0 Å². The number of carbonyl (C=O) groups is 1. The van der Waals surface area contributed by atoms with E-state index in [1.807, 2.05) is 32.0 Å². The Morgan fingerprint density at radius 1 is 1.06 bits per heavy atom. The van der Waals surface area contributed by atoms with Gasteiger partial charge in [-0.05, 0) is 75.2 Å². The van der Waals surface area contributed by atoms with Crippen LogP contribution in [-0.4, -0.2) is 28.8 Å². The molecule has 166 valence electrons. The number of nitrogens with one attached hydrogen (secondary N) is 1. The third-order valence-corrected chi connectivity index (χ3v) is 5.25. The van der Waals surface area contributed by atoms with Gasteiger partial charge in [0.05, 0.1) is 23.2 Å². The number of nitro benzene ring substituents is 1. The summed E-state index contributed by atoms with van der Waals surface area (Å²) in [4.78, 5) is 25.8. The highest BCUT2D eigenvalue weighted by atomic mass is 16.6. The van der Waals surface area contributed by atoms with Gasteiger partial charge in [0, 0.05) is 12.1 Å². The summed E-state index contributed by atoms with van der Waals surface area (Å²) < 4.78 is 11.5. The van der Waals surface area contributed by atoms with Gasteiger partial charge in [0.25, 0.3) is 11.6 Å². The van der Waals surface area contributed by atoms with Gasteiger partial charge < -0.3 is 14.5 Å². The number of benzene rings is 2. The van der Waals surface area contributed by atoms with E-state index in [1.165, 1.54) is 25.0 Å². The third kappa shape index (κ3) is 5.33. The Morgan fingerprint density at radius 2 is 1.75 bits per heavy atom. The number of amides is 1. The number of hydrogen-bond acceptors (Lipinski definition) is 6. The molecule has 0 unspecified atom stereocenters. The standard InChI is InChI=1S/C24H25N3O5/c1-16-9-17(2)11-21(10-16)31-22-13-18(12-19(14-22)27(29)30)25-24(28)23-6-5-20(32-23)15-26-7-3-4-8-26/h5-6,9-14H,3-4,7-8,15H2,1-2H3,(H,25,28). The van der Waals surface area contributed by atoms with E-state index in [-0.39, 0.29) is 22.9 Å². The van der Waals surface area contributed by atoms with E-state index in [9.17, 15) is 14.9 Å². The fourth-order valence-corrected chi connectivity index (χ4v) is 3.89. The first-order valence-electron chi connectivity index (χ1n) is 10.5. The van der Waals surface area contributed by atoms with Crippen molar-refractivity contribution in [2.24, 2.45) is 0 Å². The van der Waals surface area contributed by atoms with Crippen LogP contribution in [0.15, 0.2) is 52.9 Å². The molecule has 1 aromatic heterocycles. The quantitative estimate of drug-likeness (QED) is 0.392. The minimum atomic E-state index is -0.523. The summed E-state index contributed by atoms with van der Waals surface area (Å²) in [5.41, 5.74) is 2.10. The van der Waals surface area contributed by atoms with Crippen LogP contribution in [0.5, 0.6) is 11.5 Å². The van der Waals surface area contributed by atoms with Crippen LogP contribution in [0.3, 0.4) is 0 Å². The minimum absolute atomic E-state index is 0.155. The van der Waals surface area contributed by atoms with Gasteiger partial charge in [0.15, 0.2) is 5.76 Å². The maximum atomic E-state index is 12.7. The Hall–Kier alpha value is -3.65. The van der Waals surface area contributed by atoms with E-state index < -0.39 is 10.8 Å². The molecule has 8 heteroatoms. The van der Waals surface area contributed by atoms with E-state index in [4.69, 9.17) is 9.15 Å². The minimum Gasteiger partial charge on any atom is -0.457 e. The second-order valence-electron chi connectivity index (χ2n) is 8.10. The van der Waals surface area contributed by atoms with E-state index in [2.05, 4.69) is 10.2 Å². The van der Waals surface area contributed by atoms with Crippen LogP contribution < -0.4 is 10.1 Å². The third-order valence-electron chi connectivity index (χ3n) is 5.25. The van der Waals surface area contributed by atoms with Crippen molar-refractivity contribution in [3.63, 3.8) is 0 Å². The maximum absolute atomic E-state index is 12.7. The highest BCUT2D eigenvalue weighted by molar-refractivity contribution is 6.02. The number of likely N-dealkylation sites (tertiary alicyclic amines) is 1. The Balaban J connectivity index is 1.51. The van der Waals surface area contributed by atoms with Crippen LogP contribution in [0.1, 0.15) is 40.3 Å². The number of anilines is 1. The zero-order valence-electron chi connectivity index (χ0n) is 18.1. The highest BCUT2D eigenvalue weighted by Gasteiger charge is 2.18. The van der Waals surface area contributed by atoms with Gasteiger partial charge in [-0.15, -0.1) is 0 Å². The smallest absolute Gasteiger partial charge is 0.291 e. The van der Waals surface area contributed by atoms with Gasteiger partial charge in [-0.1, -0.05) is 6.07 Å². The maximum Gasteiger partial charge on any atom is 0.291 e. The van der Waals surface area contributed by atoms with Crippen molar-refractivity contribution in [2.45, 2.75) is 33.2 Å². The molecule has 4 rings (SSSR count). The fourth-order valence-electron chi connectivity index (χ4n) is 3.89. The molecule has 0 spiro atoms. The van der Waals surface area contributed by atoms with Crippen LogP contribution in [-0.2, 0) is 6.54 Å². The normalized spacial score (nSPS) is 13.8. The van der Waals surface area contributed by atoms with Crippen LogP contribution in [0.4, 0.5) is 11.4 Å². The molecule has 2 heterocycles. The molecule has 2 aromatic carbocycles. The van der Waals surface area contributed by atoms with Crippen molar-refractivity contribution < 1.29 is 18.9 Å². The number of hydrogen-bond donors (Lipinski definition) is 1. The molecule has 32 heavy (non-hydrogen) atoms. The van der Waals surface area contributed by atoms with E-state index in [0.29, 0.717) is 12.3 Å². The van der Waals surface area contributed by atoms with Crippen LogP contribution in [0.25, 0.3) is 0 Å². The van der Waals surface area contributed by atoms with Crippen molar-refractivity contribution in [3.8, 4) is 11.5 Å². The molecule has 1 saturated heterocycles. The summed E-state index contributed by atoms with van der Waals surface area (Å²) in [7, 11) is 0. The van der Waals surface area contributed by atoms with Crippen molar-refractivity contribution in [3.05, 3.63) is 81.3 Å². The number of non-ortho nitro benzene ring substituents is 1. The Morgan fingerprint density at radius 3 is 2.44 bits per heavy atom.